The Balaban J connectivity index is 3.01. The highest BCUT2D eigenvalue weighted by Crippen LogP contribution is 2.38. The largest absolute Gasteiger partial charge is 0.396 e. The molecule has 16 heavy (non-hydrogen) atoms. The maximum atomic E-state index is 6.26. The van der Waals surface area contributed by atoms with Crippen LogP contribution in [0.1, 0.15) is 5.56 Å². The minimum atomic E-state index is 0.554. The summed E-state index contributed by atoms with van der Waals surface area (Å²) in [4.78, 5) is 4.21. The number of fused-ring (bicyclic) bond motifs is 1. The highest BCUT2D eigenvalue weighted by atomic mass is 35.5. The van der Waals surface area contributed by atoms with Crippen molar-refractivity contribution in [1.29, 1.82) is 0 Å². The fourth-order valence-corrected chi connectivity index (χ4v) is 2.25. The molecule has 84 valence electrons. The van der Waals surface area contributed by atoms with Gasteiger partial charge in [0.25, 0.3) is 0 Å². The third-order valence-corrected chi connectivity index (χ3v) is 3.27. The first-order chi connectivity index (χ1) is 7.56. The molecule has 0 radical (unpaired) electrons. The minimum absolute atomic E-state index is 0.554. The molecule has 3 N–H and O–H groups in total. The van der Waals surface area contributed by atoms with Crippen molar-refractivity contribution < 1.29 is 0 Å². The van der Waals surface area contributed by atoms with E-state index in [0.717, 1.165) is 16.6 Å². The quantitative estimate of drug-likeness (QED) is 0.821. The summed E-state index contributed by atoms with van der Waals surface area (Å²) in [7, 11) is 1.79. The number of halogens is 2. The average Bonchev–Trinajstić information content (AvgIpc) is 2.25. The molecular weight excluding hydrogens is 245 g/mol. The van der Waals surface area contributed by atoms with Crippen LogP contribution in [0.4, 0.5) is 11.4 Å². The van der Waals surface area contributed by atoms with Crippen LogP contribution in [-0.4, -0.2) is 12.0 Å². The summed E-state index contributed by atoms with van der Waals surface area (Å²) in [6, 6.07) is 1.80. The number of hydrogen-bond donors (Lipinski definition) is 2. The molecule has 3 nitrogen and oxygen atoms in total. The van der Waals surface area contributed by atoms with E-state index in [-0.39, 0.29) is 0 Å². The van der Waals surface area contributed by atoms with Gasteiger partial charge in [0, 0.05) is 12.4 Å². The van der Waals surface area contributed by atoms with E-state index in [1.54, 1.807) is 19.3 Å². The number of nitrogens with two attached hydrogens (primary N) is 1. The first kappa shape index (κ1) is 11.3. The van der Waals surface area contributed by atoms with Crippen molar-refractivity contribution in [2.45, 2.75) is 6.92 Å². The Labute approximate surface area is 104 Å². The van der Waals surface area contributed by atoms with Gasteiger partial charge in [0.2, 0.25) is 0 Å². The highest BCUT2D eigenvalue weighted by Gasteiger charge is 2.13. The van der Waals surface area contributed by atoms with E-state index in [0.29, 0.717) is 21.2 Å². The van der Waals surface area contributed by atoms with E-state index in [4.69, 9.17) is 28.9 Å². The SMILES string of the molecule is CNc1c(N)cnc2c(Cl)cc(C)c(Cl)c12. The molecule has 0 bridgehead atoms. The molecule has 2 aromatic rings. The van der Waals surface area contributed by atoms with Gasteiger partial charge in [0.05, 0.1) is 33.1 Å². The summed E-state index contributed by atoms with van der Waals surface area (Å²) < 4.78 is 0. The maximum Gasteiger partial charge on any atom is 0.0925 e. The predicted octanol–water partition coefficient (Wildman–Crippen LogP) is 3.47. The van der Waals surface area contributed by atoms with Crippen LogP contribution in [0.2, 0.25) is 10.0 Å². The molecular formula is C11H11Cl2N3. The van der Waals surface area contributed by atoms with Crippen LogP contribution >= 0.6 is 23.2 Å². The third-order valence-electron chi connectivity index (χ3n) is 2.49. The highest BCUT2D eigenvalue weighted by molar-refractivity contribution is 6.41. The van der Waals surface area contributed by atoms with Crippen molar-refractivity contribution in [3.63, 3.8) is 0 Å². The summed E-state index contributed by atoms with van der Waals surface area (Å²) in [5.74, 6) is 0. The summed E-state index contributed by atoms with van der Waals surface area (Å²) >= 11 is 12.4. The summed E-state index contributed by atoms with van der Waals surface area (Å²) in [6.45, 7) is 1.90. The number of nitrogens with zero attached hydrogens (tertiary/aromatic N) is 1. The summed E-state index contributed by atoms with van der Waals surface area (Å²) in [6.07, 6.45) is 1.58. The van der Waals surface area contributed by atoms with Gasteiger partial charge in [-0.1, -0.05) is 23.2 Å². The molecule has 1 aromatic heterocycles. The number of hydrogen-bond acceptors (Lipinski definition) is 3. The second-order valence-corrected chi connectivity index (χ2v) is 4.34. The van der Waals surface area contributed by atoms with Gasteiger partial charge in [-0.15, -0.1) is 0 Å². The normalized spacial score (nSPS) is 10.8. The van der Waals surface area contributed by atoms with E-state index in [9.17, 15) is 0 Å². The molecule has 0 saturated heterocycles. The molecule has 0 atom stereocenters. The van der Waals surface area contributed by atoms with Crippen molar-refractivity contribution >= 4 is 45.5 Å². The van der Waals surface area contributed by atoms with Crippen LogP contribution in [0.3, 0.4) is 0 Å². The van der Waals surface area contributed by atoms with Gasteiger partial charge in [0.15, 0.2) is 0 Å². The molecule has 0 aliphatic heterocycles. The zero-order chi connectivity index (χ0) is 11.9. The van der Waals surface area contributed by atoms with Crippen LogP contribution in [0.15, 0.2) is 12.3 Å². The van der Waals surface area contributed by atoms with Gasteiger partial charge in [-0.25, -0.2) is 0 Å². The standard InChI is InChI=1S/C11H11Cl2N3/c1-5-3-6(12)10-8(9(5)13)11(15-2)7(14)4-16-10/h3-4H,14H2,1-2H3,(H,15,16). The van der Waals surface area contributed by atoms with Crippen molar-refractivity contribution in [2.75, 3.05) is 18.1 Å². The molecule has 0 amide bonds. The van der Waals surface area contributed by atoms with E-state index in [2.05, 4.69) is 10.3 Å². The topological polar surface area (TPSA) is 50.9 Å². The lowest BCUT2D eigenvalue weighted by Crippen LogP contribution is -1.99. The number of aromatic nitrogens is 1. The number of anilines is 2. The Morgan fingerprint density at radius 2 is 2.06 bits per heavy atom. The lowest BCUT2D eigenvalue weighted by Gasteiger charge is -2.12. The smallest absolute Gasteiger partial charge is 0.0925 e. The van der Waals surface area contributed by atoms with Crippen molar-refractivity contribution in [3.05, 3.63) is 27.9 Å². The van der Waals surface area contributed by atoms with Crippen molar-refractivity contribution in [2.24, 2.45) is 0 Å². The Kier molecular flexibility index (Phi) is 2.82. The van der Waals surface area contributed by atoms with E-state index in [1.807, 2.05) is 6.92 Å². The molecule has 2 rings (SSSR count). The van der Waals surface area contributed by atoms with Crippen LogP contribution in [0.25, 0.3) is 10.9 Å². The molecule has 0 fully saturated rings. The van der Waals surface area contributed by atoms with E-state index >= 15 is 0 Å². The first-order valence-electron chi connectivity index (χ1n) is 4.76. The lowest BCUT2D eigenvalue weighted by molar-refractivity contribution is 1.38. The molecule has 0 saturated carbocycles. The first-order valence-corrected chi connectivity index (χ1v) is 5.52. The molecule has 1 aromatic carbocycles. The molecule has 0 aliphatic rings. The molecule has 0 aliphatic carbocycles. The number of nitrogen functional groups attached to an aromatic ring is 1. The van der Waals surface area contributed by atoms with Gasteiger partial charge in [-0.3, -0.25) is 4.98 Å². The molecule has 1 heterocycles. The van der Waals surface area contributed by atoms with Gasteiger partial charge >= 0.3 is 0 Å². The molecule has 0 unspecified atom stereocenters. The van der Waals surface area contributed by atoms with E-state index < -0.39 is 0 Å². The Bertz CT molecular complexity index is 567. The number of nitrogens with one attached hydrogen (secondary N) is 1. The van der Waals surface area contributed by atoms with E-state index in [1.165, 1.54) is 0 Å². The van der Waals surface area contributed by atoms with Crippen LogP contribution in [0.5, 0.6) is 0 Å². The van der Waals surface area contributed by atoms with Crippen LogP contribution < -0.4 is 11.1 Å². The van der Waals surface area contributed by atoms with Crippen LogP contribution in [0, 0.1) is 6.92 Å². The summed E-state index contributed by atoms with van der Waals surface area (Å²) in [5.41, 5.74) is 8.73. The fraction of sp³-hybridized carbons (Fsp3) is 0.182. The number of rotatable bonds is 1. The number of benzene rings is 1. The average molecular weight is 256 g/mol. The summed E-state index contributed by atoms with van der Waals surface area (Å²) in [5, 5.41) is 5.00. The van der Waals surface area contributed by atoms with Gasteiger partial charge in [-0.05, 0) is 18.6 Å². The van der Waals surface area contributed by atoms with Crippen molar-refractivity contribution in [3.8, 4) is 0 Å². The lowest BCUT2D eigenvalue weighted by atomic mass is 10.1. The van der Waals surface area contributed by atoms with Gasteiger partial charge in [-0.2, -0.15) is 0 Å². The Morgan fingerprint density at radius 1 is 1.38 bits per heavy atom. The van der Waals surface area contributed by atoms with Crippen molar-refractivity contribution in [1.82, 2.24) is 4.98 Å². The van der Waals surface area contributed by atoms with Gasteiger partial charge in [0.1, 0.15) is 0 Å². The maximum absolute atomic E-state index is 6.26. The second kappa shape index (κ2) is 4.00. The number of aryl methyl sites for hydroxylation is 1. The number of pyridine rings is 1. The third kappa shape index (κ3) is 1.56. The van der Waals surface area contributed by atoms with Crippen LogP contribution in [-0.2, 0) is 0 Å². The Hall–Kier alpha value is -1.19. The molecule has 0 spiro atoms. The molecule has 5 heteroatoms. The zero-order valence-corrected chi connectivity index (χ0v) is 10.4. The predicted molar refractivity (Wildman–Crippen MR) is 70.5 cm³/mol. The zero-order valence-electron chi connectivity index (χ0n) is 8.94. The van der Waals surface area contributed by atoms with Gasteiger partial charge < -0.3 is 11.1 Å². The Morgan fingerprint density at radius 3 is 2.69 bits per heavy atom. The fourth-order valence-electron chi connectivity index (χ4n) is 1.71. The monoisotopic (exact) mass is 255 g/mol. The minimum Gasteiger partial charge on any atom is -0.396 e. The second-order valence-electron chi connectivity index (χ2n) is 3.55.